The average Bonchev–Trinajstić information content (AvgIpc) is 3.71. The second-order valence-corrected chi connectivity index (χ2v) is 12.6. The van der Waals surface area contributed by atoms with Gasteiger partial charge in [-0.25, -0.2) is 9.37 Å². The van der Waals surface area contributed by atoms with Crippen LogP contribution in [0, 0.1) is 12.7 Å². The van der Waals surface area contributed by atoms with Gasteiger partial charge in [0, 0.05) is 29.9 Å². The number of carbonyl (C=O) groups is 1. The van der Waals surface area contributed by atoms with E-state index in [1.807, 2.05) is 18.2 Å². The van der Waals surface area contributed by atoms with Crippen LogP contribution in [0.15, 0.2) is 54.7 Å². The number of likely N-dealkylation sites (tertiary alicyclic amines) is 2. The second-order valence-electron chi connectivity index (χ2n) is 12.6. The SMILES string of the molecule is Cc1cccc(CO[C@H]2CCC[C@@H]2NC(=O)c2cc(-c3ccc(CN4CCC(N5CCCC5)CC4)c(F)c3)cnc2N)c1. The number of pyridine rings is 1. The van der Waals surface area contributed by atoms with Crippen LogP contribution >= 0.6 is 0 Å². The van der Waals surface area contributed by atoms with E-state index in [-0.39, 0.29) is 29.7 Å². The fourth-order valence-corrected chi connectivity index (χ4v) is 7.00. The van der Waals surface area contributed by atoms with Crippen LogP contribution in [0.2, 0.25) is 0 Å². The molecule has 43 heavy (non-hydrogen) atoms. The average molecular weight is 586 g/mol. The zero-order chi connectivity index (χ0) is 29.8. The summed E-state index contributed by atoms with van der Waals surface area (Å²) in [4.78, 5) is 22.6. The van der Waals surface area contributed by atoms with Gasteiger partial charge in [0.1, 0.15) is 11.6 Å². The van der Waals surface area contributed by atoms with Crippen LogP contribution in [0.5, 0.6) is 0 Å². The maximum Gasteiger partial charge on any atom is 0.255 e. The van der Waals surface area contributed by atoms with E-state index in [1.54, 1.807) is 18.3 Å². The number of nitrogens with two attached hydrogens (primary N) is 1. The number of carbonyl (C=O) groups excluding carboxylic acids is 1. The number of aromatic nitrogens is 1. The highest BCUT2D eigenvalue weighted by atomic mass is 19.1. The Balaban J connectivity index is 1.07. The molecule has 1 aliphatic carbocycles. The largest absolute Gasteiger partial charge is 0.383 e. The maximum absolute atomic E-state index is 15.3. The topological polar surface area (TPSA) is 83.7 Å². The van der Waals surface area contributed by atoms with Crippen LogP contribution in [0.4, 0.5) is 10.2 Å². The van der Waals surface area contributed by atoms with Gasteiger partial charge in [0.25, 0.3) is 5.91 Å². The molecule has 0 spiro atoms. The number of piperidine rings is 1. The molecule has 1 aromatic heterocycles. The summed E-state index contributed by atoms with van der Waals surface area (Å²) in [5.74, 6) is -0.357. The lowest BCUT2D eigenvalue weighted by atomic mass is 10.0. The molecule has 2 aromatic carbocycles. The highest BCUT2D eigenvalue weighted by Crippen LogP contribution is 2.28. The monoisotopic (exact) mass is 585 g/mol. The predicted octanol–water partition coefficient (Wildman–Crippen LogP) is 5.71. The van der Waals surface area contributed by atoms with E-state index in [0.29, 0.717) is 41.4 Å². The van der Waals surface area contributed by atoms with Gasteiger partial charge in [0.15, 0.2) is 0 Å². The van der Waals surface area contributed by atoms with Crippen molar-refractivity contribution in [2.45, 2.75) is 83.2 Å². The number of nitrogens with zero attached hydrogens (tertiary/aromatic N) is 3. The van der Waals surface area contributed by atoms with Crippen LogP contribution in [0.3, 0.4) is 0 Å². The van der Waals surface area contributed by atoms with Crippen molar-refractivity contribution < 1.29 is 13.9 Å². The first-order valence-electron chi connectivity index (χ1n) is 15.9. The molecular weight excluding hydrogens is 541 g/mol. The number of nitrogens with one attached hydrogen (secondary N) is 1. The maximum atomic E-state index is 15.3. The van der Waals surface area contributed by atoms with Crippen LogP contribution in [0.1, 0.15) is 72.0 Å². The third kappa shape index (κ3) is 7.25. The zero-order valence-electron chi connectivity index (χ0n) is 25.2. The highest BCUT2D eigenvalue weighted by Gasteiger charge is 2.30. The number of nitrogen functional groups attached to an aromatic ring is 1. The van der Waals surface area contributed by atoms with Crippen molar-refractivity contribution in [3.63, 3.8) is 0 Å². The fourth-order valence-electron chi connectivity index (χ4n) is 7.00. The van der Waals surface area contributed by atoms with Gasteiger partial charge in [-0.05, 0) is 101 Å². The van der Waals surface area contributed by atoms with Gasteiger partial charge < -0.3 is 20.7 Å². The van der Waals surface area contributed by atoms with E-state index in [2.05, 4.69) is 45.2 Å². The first-order chi connectivity index (χ1) is 20.9. The van der Waals surface area contributed by atoms with E-state index in [4.69, 9.17) is 10.5 Å². The van der Waals surface area contributed by atoms with Gasteiger partial charge in [0.2, 0.25) is 0 Å². The summed E-state index contributed by atoms with van der Waals surface area (Å²) in [6.07, 6.45) is 9.22. The Labute approximate surface area is 254 Å². The number of ether oxygens (including phenoxy) is 1. The molecule has 3 heterocycles. The fraction of sp³-hybridized carbons (Fsp3) is 0.486. The molecule has 0 bridgehead atoms. The first-order valence-corrected chi connectivity index (χ1v) is 15.9. The molecule has 3 N–H and O–H groups in total. The molecule has 228 valence electrons. The van der Waals surface area contributed by atoms with Crippen molar-refractivity contribution in [1.82, 2.24) is 20.1 Å². The van der Waals surface area contributed by atoms with Crippen LogP contribution < -0.4 is 11.1 Å². The van der Waals surface area contributed by atoms with Crippen molar-refractivity contribution >= 4 is 11.7 Å². The standard InChI is InChI=1S/C35H44FN5O2/c1-24-6-4-7-25(18-24)23-43-33-9-5-8-32(33)39-35(42)30-19-28(21-38-34(30)37)26-10-11-27(31(36)20-26)22-40-16-12-29(13-17-40)41-14-2-3-15-41/h4,6-7,10-11,18-21,29,32-33H,2-3,5,8-9,12-17,22-23H2,1H3,(H2,37,38)(H,39,42)/t32-,33-/m0/s1. The Morgan fingerprint density at radius 2 is 1.81 bits per heavy atom. The minimum absolute atomic E-state index is 0.0607. The molecule has 2 saturated heterocycles. The summed E-state index contributed by atoms with van der Waals surface area (Å²) in [5.41, 5.74) is 10.8. The van der Waals surface area contributed by atoms with E-state index >= 15 is 4.39 Å². The Morgan fingerprint density at radius 1 is 1.00 bits per heavy atom. The molecule has 6 rings (SSSR count). The van der Waals surface area contributed by atoms with Crippen LogP contribution in [-0.2, 0) is 17.9 Å². The Morgan fingerprint density at radius 3 is 2.58 bits per heavy atom. The van der Waals surface area contributed by atoms with Crippen molar-refractivity contribution in [3.8, 4) is 11.1 Å². The molecule has 2 aliphatic heterocycles. The number of aryl methyl sites for hydroxylation is 1. The summed E-state index contributed by atoms with van der Waals surface area (Å²) >= 11 is 0. The normalized spacial score (nSPS) is 21.8. The van der Waals surface area contributed by atoms with Gasteiger partial charge in [-0.3, -0.25) is 9.69 Å². The number of anilines is 1. The van der Waals surface area contributed by atoms with Crippen molar-refractivity contribution in [2.75, 3.05) is 31.9 Å². The smallest absolute Gasteiger partial charge is 0.255 e. The van der Waals surface area contributed by atoms with Crippen molar-refractivity contribution in [1.29, 1.82) is 0 Å². The molecule has 1 saturated carbocycles. The van der Waals surface area contributed by atoms with Crippen LogP contribution in [0.25, 0.3) is 11.1 Å². The summed E-state index contributed by atoms with van der Waals surface area (Å²) in [6.45, 7) is 7.65. The first kappa shape index (κ1) is 29.7. The molecule has 0 radical (unpaired) electrons. The van der Waals surface area contributed by atoms with Crippen LogP contribution in [-0.4, -0.2) is 65.1 Å². The number of rotatable bonds is 9. The Bertz CT molecular complexity index is 1420. The van der Waals surface area contributed by atoms with E-state index in [0.717, 1.165) is 50.8 Å². The molecule has 7 nitrogen and oxygen atoms in total. The van der Waals surface area contributed by atoms with Crippen molar-refractivity contribution in [2.24, 2.45) is 0 Å². The minimum atomic E-state index is -0.280. The van der Waals surface area contributed by atoms with Gasteiger partial charge in [-0.2, -0.15) is 0 Å². The summed E-state index contributed by atoms with van der Waals surface area (Å²) in [5, 5.41) is 3.13. The number of amides is 1. The van der Waals surface area contributed by atoms with Gasteiger partial charge in [0.05, 0.1) is 24.3 Å². The lowest BCUT2D eigenvalue weighted by Crippen LogP contribution is -2.43. The van der Waals surface area contributed by atoms with Crippen molar-refractivity contribution in [3.05, 3.63) is 82.8 Å². The molecule has 0 unspecified atom stereocenters. The van der Waals surface area contributed by atoms with Gasteiger partial charge >= 0.3 is 0 Å². The quantitative estimate of drug-likeness (QED) is 0.335. The third-order valence-corrected chi connectivity index (χ3v) is 9.47. The molecule has 3 aliphatic rings. The van der Waals surface area contributed by atoms with E-state index in [1.165, 1.54) is 31.5 Å². The third-order valence-electron chi connectivity index (χ3n) is 9.47. The van der Waals surface area contributed by atoms with Gasteiger partial charge in [-0.15, -0.1) is 0 Å². The minimum Gasteiger partial charge on any atom is -0.383 e. The predicted molar refractivity (Wildman–Crippen MR) is 168 cm³/mol. The molecule has 2 atom stereocenters. The number of hydrogen-bond donors (Lipinski definition) is 2. The molecule has 1 amide bonds. The summed E-state index contributed by atoms with van der Waals surface area (Å²) < 4.78 is 21.5. The lowest BCUT2D eigenvalue weighted by Gasteiger charge is -2.36. The number of benzene rings is 2. The number of halogens is 1. The molecule has 3 aromatic rings. The second kappa shape index (κ2) is 13.5. The highest BCUT2D eigenvalue weighted by molar-refractivity contribution is 5.99. The Kier molecular flexibility index (Phi) is 9.36. The summed E-state index contributed by atoms with van der Waals surface area (Å²) in [6, 6.07) is 15.9. The molecule has 3 fully saturated rings. The Hall–Kier alpha value is -3.33. The molecule has 8 heteroatoms. The van der Waals surface area contributed by atoms with E-state index in [9.17, 15) is 4.79 Å². The summed E-state index contributed by atoms with van der Waals surface area (Å²) in [7, 11) is 0. The van der Waals surface area contributed by atoms with E-state index < -0.39 is 0 Å². The number of hydrogen-bond acceptors (Lipinski definition) is 6. The lowest BCUT2D eigenvalue weighted by molar-refractivity contribution is 0.0272. The van der Waals surface area contributed by atoms with Gasteiger partial charge in [-0.1, -0.05) is 42.0 Å². The zero-order valence-corrected chi connectivity index (χ0v) is 25.2. The molecular formula is C35H44FN5O2.